The van der Waals surface area contributed by atoms with Gasteiger partial charge in [-0.1, -0.05) is 104 Å². The van der Waals surface area contributed by atoms with E-state index in [1.54, 1.807) is 0 Å². The van der Waals surface area contributed by atoms with Gasteiger partial charge in [-0.25, -0.2) is 9.10 Å². The Morgan fingerprint density at radius 3 is 1.81 bits per heavy atom. The predicted octanol–water partition coefficient (Wildman–Crippen LogP) is 5.17. The number of hydrogen-bond acceptors (Lipinski definition) is 2. The number of carbonyl (C=O) groups is 1. The molecule has 0 saturated carbocycles. The summed E-state index contributed by atoms with van der Waals surface area (Å²) in [5.41, 5.74) is 4.88. The second-order valence-electron chi connectivity index (χ2n) is 6.10. The quantitative estimate of drug-likeness (QED) is 0.622. The van der Waals surface area contributed by atoms with Gasteiger partial charge < -0.3 is 5.32 Å². The van der Waals surface area contributed by atoms with Crippen molar-refractivity contribution in [3.8, 4) is 0 Å². The van der Waals surface area contributed by atoms with E-state index >= 15 is 0 Å². The fourth-order valence-corrected chi connectivity index (χ4v) is 3.58. The molecule has 3 nitrogen and oxygen atoms in total. The summed E-state index contributed by atoms with van der Waals surface area (Å²) in [5, 5.41) is 3.08. The SMILES string of the molecule is O=C1NC(c2ccccc2)C(c2ccccc2)=C(c2ccccc2)N1S. The zero-order chi connectivity index (χ0) is 17.9. The Morgan fingerprint density at radius 1 is 0.731 bits per heavy atom. The van der Waals surface area contributed by atoms with Gasteiger partial charge >= 0.3 is 6.03 Å². The molecule has 128 valence electrons. The lowest BCUT2D eigenvalue weighted by atomic mass is 9.88. The molecule has 1 aliphatic heterocycles. The Hall–Kier alpha value is -2.98. The zero-order valence-electron chi connectivity index (χ0n) is 14.0. The van der Waals surface area contributed by atoms with Gasteiger partial charge in [-0.3, -0.25) is 0 Å². The standard InChI is InChI=1S/C22H18N2OS/c25-22-23-20(17-12-6-2-7-13-17)19(16-10-4-1-5-11-16)21(24(22)26)18-14-8-3-9-15-18/h1-15,20,26H,(H,23,25). The molecular formula is C22H18N2OS. The molecule has 1 heterocycles. The molecule has 4 rings (SSSR count). The van der Waals surface area contributed by atoms with Gasteiger partial charge in [-0.2, -0.15) is 0 Å². The van der Waals surface area contributed by atoms with E-state index in [4.69, 9.17) is 0 Å². The molecule has 0 fully saturated rings. The number of hydrogen-bond donors (Lipinski definition) is 2. The largest absolute Gasteiger partial charge is 0.332 e. The van der Waals surface area contributed by atoms with Crippen molar-refractivity contribution in [2.45, 2.75) is 6.04 Å². The van der Waals surface area contributed by atoms with Crippen LogP contribution in [0.3, 0.4) is 0 Å². The summed E-state index contributed by atoms with van der Waals surface area (Å²) < 4.78 is 1.40. The minimum atomic E-state index is -0.246. The van der Waals surface area contributed by atoms with Crippen LogP contribution in [0.15, 0.2) is 91.0 Å². The average Bonchev–Trinajstić information content (AvgIpc) is 2.71. The molecule has 4 heteroatoms. The van der Waals surface area contributed by atoms with E-state index in [9.17, 15) is 4.79 Å². The van der Waals surface area contributed by atoms with E-state index in [1.807, 2.05) is 78.9 Å². The van der Waals surface area contributed by atoms with Crippen LogP contribution in [0.5, 0.6) is 0 Å². The fraction of sp³-hybridized carbons (Fsp3) is 0.0455. The van der Waals surface area contributed by atoms with Crippen molar-refractivity contribution in [1.82, 2.24) is 9.62 Å². The van der Waals surface area contributed by atoms with Crippen LogP contribution in [0.2, 0.25) is 0 Å². The molecule has 1 aliphatic rings. The van der Waals surface area contributed by atoms with Crippen molar-refractivity contribution < 1.29 is 4.79 Å². The first-order valence-corrected chi connectivity index (χ1v) is 8.85. The number of thiol groups is 1. The van der Waals surface area contributed by atoms with E-state index in [2.05, 4.69) is 30.3 Å². The van der Waals surface area contributed by atoms with Gasteiger partial charge in [0.1, 0.15) is 0 Å². The summed E-state index contributed by atoms with van der Waals surface area (Å²) >= 11 is 4.49. The molecule has 0 aliphatic carbocycles. The lowest BCUT2D eigenvalue weighted by Gasteiger charge is -2.35. The first-order chi connectivity index (χ1) is 12.8. The highest BCUT2D eigenvalue weighted by Crippen LogP contribution is 2.42. The summed E-state index contributed by atoms with van der Waals surface area (Å²) in [6, 6.07) is 29.6. The van der Waals surface area contributed by atoms with E-state index in [0.29, 0.717) is 0 Å². The maximum absolute atomic E-state index is 12.6. The number of nitrogens with zero attached hydrogens (tertiary/aromatic N) is 1. The third-order valence-electron chi connectivity index (χ3n) is 4.48. The van der Waals surface area contributed by atoms with Gasteiger partial charge in [0.25, 0.3) is 0 Å². The third-order valence-corrected chi connectivity index (χ3v) is 4.86. The van der Waals surface area contributed by atoms with Crippen molar-refractivity contribution in [3.05, 3.63) is 108 Å². The van der Waals surface area contributed by atoms with Gasteiger partial charge in [0, 0.05) is 5.57 Å². The van der Waals surface area contributed by atoms with Crippen molar-refractivity contribution in [2.24, 2.45) is 0 Å². The lowest BCUT2D eigenvalue weighted by Crippen LogP contribution is -2.41. The molecule has 3 aromatic rings. The Balaban J connectivity index is 2.00. The van der Waals surface area contributed by atoms with Gasteiger partial charge in [0.2, 0.25) is 0 Å². The van der Waals surface area contributed by atoms with Gasteiger partial charge in [0.15, 0.2) is 0 Å². The molecule has 0 aromatic heterocycles. The molecule has 1 unspecified atom stereocenters. The third kappa shape index (κ3) is 3.00. The minimum absolute atomic E-state index is 0.235. The van der Waals surface area contributed by atoms with Crippen LogP contribution in [-0.2, 0) is 0 Å². The molecule has 2 amide bonds. The molecular weight excluding hydrogens is 340 g/mol. The molecule has 0 radical (unpaired) electrons. The van der Waals surface area contributed by atoms with Crippen molar-refractivity contribution in [2.75, 3.05) is 0 Å². The smallest absolute Gasteiger partial charge is 0.326 e. The van der Waals surface area contributed by atoms with Crippen LogP contribution in [0.4, 0.5) is 4.79 Å². The van der Waals surface area contributed by atoms with Gasteiger partial charge in [-0.05, 0) is 16.7 Å². The topological polar surface area (TPSA) is 32.3 Å². The highest BCUT2D eigenvalue weighted by atomic mass is 32.1. The Morgan fingerprint density at radius 2 is 1.23 bits per heavy atom. The van der Waals surface area contributed by atoms with E-state index in [0.717, 1.165) is 28.0 Å². The average molecular weight is 358 g/mol. The van der Waals surface area contributed by atoms with Crippen LogP contribution >= 0.6 is 12.8 Å². The van der Waals surface area contributed by atoms with Crippen LogP contribution in [0.25, 0.3) is 11.3 Å². The molecule has 1 atom stereocenters. The Bertz CT molecular complexity index is 940. The number of carbonyl (C=O) groups excluding carboxylic acids is 1. The number of urea groups is 1. The summed E-state index contributed by atoms with van der Waals surface area (Å²) in [4.78, 5) is 12.6. The Labute approximate surface area is 158 Å². The van der Waals surface area contributed by atoms with Crippen molar-refractivity contribution in [3.63, 3.8) is 0 Å². The van der Waals surface area contributed by atoms with E-state index in [-0.39, 0.29) is 12.1 Å². The fourth-order valence-electron chi connectivity index (χ4n) is 3.30. The number of benzene rings is 3. The van der Waals surface area contributed by atoms with E-state index < -0.39 is 0 Å². The zero-order valence-corrected chi connectivity index (χ0v) is 14.9. The molecule has 26 heavy (non-hydrogen) atoms. The maximum atomic E-state index is 12.6. The summed E-state index contributed by atoms with van der Waals surface area (Å²) in [7, 11) is 0. The first kappa shape index (κ1) is 16.5. The molecule has 0 saturated heterocycles. The number of nitrogens with one attached hydrogen (secondary N) is 1. The predicted molar refractivity (Wildman–Crippen MR) is 108 cm³/mol. The van der Waals surface area contributed by atoms with Crippen molar-refractivity contribution >= 4 is 30.1 Å². The van der Waals surface area contributed by atoms with Crippen LogP contribution in [0, 0.1) is 0 Å². The summed E-state index contributed by atoms with van der Waals surface area (Å²) in [5.74, 6) is 0. The summed E-state index contributed by atoms with van der Waals surface area (Å²) in [6.45, 7) is 0. The summed E-state index contributed by atoms with van der Waals surface area (Å²) in [6.07, 6.45) is 0. The highest BCUT2D eigenvalue weighted by molar-refractivity contribution is 7.78. The normalized spacial score (nSPS) is 17.2. The van der Waals surface area contributed by atoms with Gasteiger partial charge in [0.05, 0.1) is 11.7 Å². The minimum Gasteiger partial charge on any atom is -0.326 e. The second-order valence-corrected chi connectivity index (χ2v) is 6.50. The molecule has 1 N–H and O–H groups in total. The lowest BCUT2D eigenvalue weighted by molar-refractivity contribution is 0.231. The molecule has 3 aromatic carbocycles. The van der Waals surface area contributed by atoms with Crippen LogP contribution < -0.4 is 5.32 Å². The Kier molecular flexibility index (Phi) is 4.50. The molecule has 0 bridgehead atoms. The van der Waals surface area contributed by atoms with Crippen LogP contribution in [-0.4, -0.2) is 10.3 Å². The highest BCUT2D eigenvalue weighted by Gasteiger charge is 2.34. The molecule has 0 spiro atoms. The number of rotatable bonds is 3. The van der Waals surface area contributed by atoms with Gasteiger partial charge in [-0.15, -0.1) is 0 Å². The van der Waals surface area contributed by atoms with Crippen molar-refractivity contribution in [1.29, 1.82) is 0 Å². The second kappa shape index (κ2) is 7.10. The maximum Gasteiger partial charge on any atom is 0.332 e. The number of amides is 2. The monoisotopic (exact) mass is 358 g/mol. The van der Waals surface area contributed by atoms with Crippen LogP contribution in [0.1, 0.15) is 22.7 Å². The van der Waals surface area contributed by atoms with E-state index in [1.165, 1.54) is 4.31 Å². The first-order valence-electron chi connectivity index (χ1n) is 8.45.